The number of phenols is 1. The van der Waals surface area contributed by atoms with E-state index >= 15 is 0 Å². The van der Waals surface area contributed by atoms with Gasteiger partial charge in [-0.15, -0.1) is 0 Å². The topological polar surface area (TPSA) is 144 Å². The molecule has 268 valence electrons. The van der Waals surface area contributed by atoms with Crippen molar-refractivity contribution < 1.29 is 20.1 Å². The van der Waals surface area contributed by atoms with E-state index in [1.807, 2.05) is 44.7 Å². The Morgan fingerprint density at radius 2 is 1.80 bits per heavy atom. The van der Waals surface area contributed by atoms with E-state index in [1.54, 1.807) is 18.4 Å². The number of amides is 1. The molecular formula is C38H56N6O4S. The van der Waals surface area contributed by atoms with Crippen LogP contribution in [0.4, 0.5) is 11.8 Å². The van der Waals surface area contributed by atoms with Gasteiger partial charge in [-0.05, 0) is 74.6 Å². The Bertz CT molecular complexity index is 1590. The van der Waals surface area contributed by atoms with Crippen molar-refractivity contribution in [2.75, 3.05) is 42.7 Å². The van der Waals surface area contributed by atoms with Crippen molar-refractivity contribution >= 4 is 41.3 Å². The first kappa shape index (κ1) is 41.3. The summed E-state index contributed by atoms with van der Waals surface area (Å²) in [5.41, 5.74) is 4.85. The Labute approximate surface area is 298 Å². The Balaban J connectivity index is 0.00000132. The molecule has 5 N–H and O–H groups in total. The molecule has 0 bridgehead atoms. The number of aromatic nitrogens is 3. The number of carbonyl (C=O) groups is 1. The van der Waals surface area contributed by atoms with Gasteiger partial charge in [0.15, 0.2) is 5.65 Å². The van der Waals surface area contributed by atoms with Gasteiger partial charge < -0.3 is 30.9 Å². The first-order valence-corrected chi connectivity index (χ1v) is 18.5. The zero-order valence-corrected chi connectivity index (χ0v) is 31.2. The molecule has 2 atom stereocenters. The molecule has 0 radical (unpaired) electrons. The second-order valence-corrected chi connectivity index (χ2v) is 11.2. The summed E-state index contributed by atoms with van der Waals surface area (Å²) < 4.78 is 0. The number of carbonyl (C=O) groups excluding carboxylic acids is 1. The van der Waals surface area contributed by atoms with E-state index in [0.29, 0.717) is 66.5 Å². The van der Waals surface area contributed by atoms with E-state index in [9.17, 15) is 20.1 Å². The van der Waals surface area contributed by atoms with Crippen LogP contribution in [0.3, 0.4) is 0 Å². The molecule has 1 aromatic carbocycles. The number of rotatable bonds is 10. The summed E-state index contributed by atoms with van der Waals surface area (Å²) >= 11 is 3.53. The normalized spacial score (nSPS) is 16.5. The van der Waals surface area contributed by atoms with Crippen LogP contribution in [0.5, 0.6) is 5.75 Å². The maximum absolute atomic E-state index is 12.7. The summed E-state index contributed by atoms with van der Waals surface area (Å²) in [6, 6.07) is 8.23. The lowest BCUT2D eigenvalue weighted by molar-refractivity contribution is -0.121. The molecule has 1 amide bonds. The molecule has 2 unspecified atom stereocenters. The highest BCUT2D eigenvalue weighted by atomic mass is 32.1. The third-order valence-corrected chi connectivity index (χ3v) is 8.18. The van der Waals surface area contributed by atoms with E-state index in [4.69, 9.17) is 15.0 Å². The highest BCUT2D eigenvalue weighted by Crippen LogP contribution is 2.35. The van der Waals surface area contributed by atoms with Gasteiger partial charge in [-0.2, -0.15) is 22.6 Å². The molecule has 2 aliphatic rings. The number of benzene rings is 1. The Morgan fingerprint density at radius 1 is 1.04 bits per heavy atom. The molecule has 11 heteroatoms. The minimum atomic E-state index is -0.470. The van der Waals surface area contributed by atoms with E-state index < -0.39 is 6.04 Å². The second-order valence-electron chi connectivity index (χ2n) is 11.2. The molecule has 49 heavy (non-hydrogen) atoms. The standard InChI is InChI=1S/C33H40N6O4.2C2H6.CH4S/c1-3-22-18-21(2)25(22)8-5-7-15-39(16-17-40)31-26-11-12-27(23-10-13-29(42)24(19-23)20-41)35-30(26)37-33(38-31)36-28-9-4-6-14-34-32(28)43;3*1-2/h10-13,19,21,28,40-42H,3-4,6-7,9,14-18,20H2,1-2H3,(H,34,43)(H,35,36,37,38);2*1-2H3;2H,1H3. The minimum Gasteiger partial charge on any atom is -0.508 e. The van der Waals surface area contributed by atoms with Crippen molar-refractivity contribution in [3.05, 3.63) is 47.0 Å². The number of anilines is 2. The second kappa shape index (κ2) is 22.0. The van der Waals surface area contributed by atoms with Crippen molar-refractivity contribution in [3.8, 4) is 28.8 Å². The van der Waals surface area contributed by atoms with E-state index in [2.05, 4.69) is 49.0 Å². The fourth-order valence-corrected chi connectivity index (χ4v) is 5.70. The Hall–Kier alpha value is -3.85. The summed E-state index contributed by atoms with van der Waals surface area (Å²) in [6.45, 7) is 13.5. The van der Waals surface area contributed by atoms with E-state index in [0.717, 1.165) is 31.2 Å². The average molecular weight is 693 g/mol. The number of aromatic hydroxyl groups is 1. The van der Waals surface area contributed by atoms with Gasteiger partial charge in [-0.25, -0.2) is 4.98 Å². The fourth-order valence-electron chi connectivity index (χ4n) is 5.70. The van der Waals surface area contributed by atoms with Crippen LogP contribution in [-0.2, 0) is 11.4 Å². The number of nitrogens with one attached hydrogen (secondary N) is 2. The predicted molar refractivity (Wildman–Crippen MR) is 205 cm³/mol. The number of pyridine rings is 1. The first-order chi connectivity index (χ1) is 23.9. The van der Waals surface area contributed by atoms with Crippen molar-refractivity contribution in [2.45, 2.75) is 92.7 Å². The van der Waals surface area contributed by atoms with Gasteiger partial charge in [0.2, 0.25) is 11.9 Å². The average Bonchev–Trinajstić information content (AvgIpc) is 3.35. The van der Waals surface area contributed by atoms with E-state index in [1.165, 1.54) is 17.2 Å². The van der Waals surface area contributed by atoms with Crippen LogP contribution in [0.1, 0.15) is 85.6 Å². The molecular weight excluding hydrogens is 637 g/mol. The molecule has 2 aromatic heterocycles. The largest absolute Gasteiger partial charge is 0.508 e. The molecule has 5 rings (SSSR count). The number of aliphatic hydroxyl groups is 2. The minimum absolute atomic E-state index is 0.0153. The van der Waals surface area contributed by atoms with Gasteiger partial charge in [-0.1, -0.05) is 59.0 Å². The van der Waals surface area contributed by atoms with Gasteiger partial charge >= 0.3 is 0 Å². The molecule has 3 heterocycles. The number of hydrogen-bond donors (Lipinski definition) is 6. The third-order valence-electron chi connectivity index (χ3n) is 8.18. The number of allylic oxidation sites excluding steroid dienone is 2. The number of nitrogens with zero attached hydrogens (tertiary/aromatic N) is 4. The lowest BCUT2D eigenvalue weighted by Crippen LogP contribution is -2.38. The summed E-state index contributed by atoms with van der Waals surface area (Å²) in [4.78, 5) is 29.1. The molecule has 1 fully saturated rings. The Kier molecular flexibility index (Phi) is 18.5. The van der Waals surface area contributed by atoms with Gasteiger partial charge in [0.05, 0.1) is 24.3 Å². The first-order valence-electron chi connectivity index (χ1n) is 17.6. The molecule has 0 saturated carbocycles. The van der Waals surface area contributed by atoms with Crippen molar-refractivity contribution in [2.24, 2.45) is 5.92 Å². The molecule has 10 nitrogen and oxygen atoms in total. The summed E-state index contributed by atoms with van der Waals surface area (Å²) in [5, 5.41) is 36.5. The van der Waals surface area contributed by atoms with Crippen molar-refractivity contribution in [3.63, 3.8) is 0 Å². The number of fused-ring (bicyclic) bond motifs is 1. The van der Waals surface area contributed by atoms with Crippen LogP contribution in [0.25, 0.3) is 22.3 Å². The Morgan fingerprint density at radius 3 is 2.47 bits per heavy atom. The summed E-state index contributed by atoms with van der Waals surface area (Å²) in [6.07, 6.45) is 6.93. The third kappa shape index (κ3) is 11.1. The predicted octanol–water partition coefficient (Wildman–Crippen LogP) is 6.51. The van der Waals surface area contributed by atoms with Crippen LogP contribution in [0.2, 0.25) is 0 Å². The molecule has 0 spiro atoms. The number of hydrogen-bond acceptors (Lipinski definition) is 10. The van der Waals surface area contributed by atoms with Gasteiger partial charge in [0, 0.05) is 42.8 Å². The van der Waals surface area contributed by atoms with Crippen LogP contribution in [0, 0.1) is 17.8 Å². The van der Waals surface area contributed by atoms with E-state index in [-0.39, 0.29) is 30.8 Å². The van der Waals surface area contributed by atoms with Crippen LogP contribution < -0.4 is 15.5 Å². The SMILES string of the molecule is CC.CC.CCC1=C(C#CCCN(CCO)c2nc(NC3CCCCNC3=O)nc3nc(-c4ccc(O)c(CO)c4)ccc23)C(C)C1.CS. The lowest BCUT2D eigenvalue weighted by atomic mass is 9.78. The highest BCUT2D eigenvalue weighted by Gasteiger charge is 2.24. The maximum atomic E-state index is 12.7. The van der Waals surface area contributed by atoms with Crippen LogP contribution >= 0.6 is 12.6 Å². The molecule has 1 saturated heterocycles. The van der Waals surface area contributed by atoms with Gasteiger partial charge in [-0.3, -0.25) is 4.79 Å². The summed E-state index contributed by atoms with van der Waals surface area (Å²) in [5.74, 6) is 8.03. The van der Waals surface area contributed by atoms with Gasteiger partial charge in [0.25, 0.3) is 0 Å². The molecule has 1 aliphatic carbocycles. The zero-order valence-electron chi connectivity index (χ0n) is 30.3. The van der Waals surface area contributed by atoms with Crippen molar-refractivity contribution in [1.82, 2.24) is 20.3 Å². The number of thiol groups is 1. The fraction of sp³-hybridized carbons (Fsp3) is 0.526. The van der Waals surface area contributed by atoms with Crippen LogP contribution in [-0.4, -0.2) is 74.7 Å². The lowest BCUT2D eigenvalue weighted by Gasteiger charge is -2.27. The zero-order chi connectivity index (χ0) is 36.3. The maximum Gasteiger partial charge on any atom is 0.242 e. The molecule has 3 aromatic rings. The number of aliphatic hydroxyl groups excluding tert-OH is 2. The smallest absolute Gasteiger partial charge is 0.242 e. The molecule has 1 aliphatic heterocycles. The highest BCUT2D eigenvalue weighted by molar-refractivity contribution is 7.79. The summed E-state index contributed by atoms with van der Waals surface area (Å²) in [7, 11) is 0. The quantitative estimate of drug-likeness (QED) is 0.104. The van der Waals surface area contributed by atoms with Crippen LogP contribution in [0.15, 0.2) is 41.5 Å². The monoisotopic (exact) mass is 692 g/mol. The van der Waals surface area contributed by atoms with Crippen molar-refractivity contribution in [1.29, 1.82) is 0 Å². The van der Waals surface area contributed by atoms with Gasteiger partial charge in [0.1, 0.15) is 17.6 Å².